The number of hydrogen-bond acceptors (Lipinski definition) is 5. The highest BCUT2D eigenvalue weighted by atomic mass is 32.2. The van der Waals surface area contributed by atoms with E-state index in [-0.39, 0.29) is 35.8 Å². The van der Waals surface area contributed by atoms with Crippen LogP contribution in [0.1, 0.15) is 18.4 Å². The van der Waals surface area contributed by atoms with E-state index < -0.39 is 0 Å². The van der Waals surface area contributed by atoms with Gasteiger partial charge in [0.25, 0.3) is 5.24 Å². The molecule has 0 bridgehead atoms. The number of carbonyl (C=O) groups is 3. The third-order valence-corrected chi connectivity index (χ3v) is 4.13. The number of nitrogens with two attached hydrogens (primary N) is 1. The van der Waals surface area contributed by atoms with E-state index in [4.69, 9.17) is 5.73 Å². The van der Waals surface area contributed by atoms with Crippen LogP contribution in [0.3, 0.4) is 0 Å². The van der Waals surface area contributed by atoms with Gasteiger partial charge in [0.1, 0.15) is 0 Å². The van der Waals surface area contributed by atoms with Gasteiger partial charge in [0.2, 0.25) is 11.8 Å². The molecule has 1 aliphatic heterocycles. The van der Waals surface area contributed by atoms with Gasteiger partial charge in [-0.25, -0.2) is 0 Å². The number of amides is 3. The summed E-state index contributed by atoms with van der Waals surface area (Å²) in [6.45, 7) is 2.12. The zero-order chi connectivity index (χ0) is 15.4. The molecule has 112 valence electrons. The van der Waals surface area contributed by atoms with Crippen molar-refractivity contribution in [3.8, 4) is 0 Å². The van der Waals surface area contributed by atoms with Crippen LogP contribution in [-0.4, -0.2) is 34.3 Å². The van der Waals surface area contributed by atoms with Crippen LogP contribution in [0.5, 0.6) is 0 Å². The van der Waals surface area contributed by atoms with Gasteiger partial charge in [0, 0.05) is 24.3 Å². The number of benzene rings is 1. The SMILES string of the molecule is Cc1c(N)cccc1NC(=O)CCCN1C(=O)CSC1=O. The second-order valence-corrected chi connectivity index (χ2v) is 5.70. The van der Waals surface area contributed by atoms with Crippen molar-refractivity contribution in [2.24, 2.45) is 0 Å². The van der Waals surface area contributed by atoms with E-state index in [1.807, 2.05) is 6.92 Å². The average Bonchev–Trinajstić information content (AvgIpc) is 2.75. The van der Waals surface area contributed by atoms with Crippen LogP contribution in [0.25, 0.3) is 0 Å². The molecule has 2 rings (SSSR count). The van der Waals surface area contributed by atoms with Gasteiger partial charge in [-0.1, -0.05) is 17.8 Å². The minimum absolute atomic E-state index is 0.157. The highest BCUT2D eigenvalue weighted by Gasteiger charge is 2.29. The van der Waals surface area contributed by atoms with Gasteiger partial charge in [0.05, 0.1) is 5.75 Å². The molecule has 0 aliphatic carbocycles. The standard InChI is InChI=1S/C14H17N3O3S/c1-9-10(15)4-2-5-11(9)16-12(18)6-3-7-17-13(19)8-21-14(17)20/h2,4-5H,3,6-8,15H2,1H3,(H,16,18). The van der Waals surface area contributed by atoms with Crippen molar-refractivity contribution in [1.82, 2.24) is 4.90 Å². The maximum atomic E-state index is 11.9. The third kappa shape index (κ3) is 3.75. The van der Waals surface area contributed by atoms with Gasteiger partial charge in [-0.2, -0.15) is 0 Å². The summed E-state index contributed by atoms with van der Waals surface area (Å²) >= 11 is 1.00. The summed E-state index contributed by atoms with van der Waals surface area (Å²) < 4.78 is 0. The molecule has 0 unspecified atom stereocenters. The molecule has 21 heavy (non-hydrogen) atoms. The highest BCUT2D eigenvalue weighted by Crippen LogP contribution is 2.21. The Morgan fingerprint density at radius 1 is 1.43 bits per heavy atom. The molecular weight excluding hydrogens is 290 g/mol. The fraction of sp³-hybridized carbons (Fsp3) is 0.357. The van der Waals surface area contributed by atoms with E-state index in [2.05, 4.69) is 5.32 Å². The van der Waals surface area contributed by atoms with Crippen LogP contribution >= 0.6 is 11.8 Å². The van der Waals surface area contributed by atoms with Gasteiger partial charge < -0.3 is 11.1 Å². The van der Waals surface area contributed by atoms with E-state index in [0.717, 1.165) is 17.3 Å². The summed E-state index contributed by atoms with van der Waals surface area (Å²) in [5.74, 6) is -0.138. The Balaban J connectivity index is 1.81. The number of imide groups is 1. The maximum Gasteiger partial charge on any atom is 0.288 e. The van der Waals surface area contributed by atoms with E-state index in [1.165, 1.54) is 4.90 Å². The smallest absolute Gasteiger partial charge is 0.288 e. The predicted molar refractivity (Wildman–Crippen MR) is 83.0 cm³/mol. The molecule has 0 atom stereocenters. The van der Waals surface area contributed by atoms with Crippen molar-refractivity contribution in [1.29, 1.82) is 0 Å². The second kappa shape index (κ2) is 6.62. The molecule has 6 nitrogen and oxygen atoms in total. The van der Waals surface area contributed by atoms with Crippen molar-refractivity contribution in [3.05, 3.63) is 23.8 Å². The first-order chi connectivity index (χ1) is 9.99. The number of thioether (sulfide) groups is 1. The summed E-state index contributed by atoms with van der Waals surface area (Å²) in [5.41, 5.74) is 7.91. The van der Waals surface area contributed by atoms with E-state index in [1.54, 1.807) is 18.2 Å². The maximum absolute atomic E-state index is 11.9. The fourth-order valence-corrected chi connectivity index (χ4v) is 2.75. The number of hydrogen-bond donors (Lipinski definition) is 2. The first-order valence-corrected chi connectivity index (χ1v) is 7.59. The number of nitrogens with zero attached hydrogens (tertiary/aromatic N) is 1. The van der Waals surface area contributed by atoms with E-state index in [0.29, 0.717) is 17.8 Å². The van der Waals surface area contributed by atoms with Crippen LogP contribution in [0.15, 0.2) is 18.2 Å². The summed E-state index contributed by atoms with van der Waals surface area (Å²) in [7, 11) is 0. The Hall–Kier alpha value is -2.02. The van der Waals surface area contributed by atoms with Crippen molar-refractivity contribution in [3.63, 3.8) is 0 Å². The summed E-state index contributed by atoms with van der Waals surface area (Å²) in [4.78, 5) is 35.9. The average molecular weight is 307 g/mol. The van der Waals surface area contributed by atoms with Gasteiger partial charge >= 0.3 is 0 Å². The quantitative estimate of drug-likeness (QED) is 0.812. The number of rotatable bonds is 5. The fourth-order valence-electron chi connectivity index (χ4n) is 2.00. The minimum atomic E-state index is -0.230. The van der Waals surface area contributed by atoms with E-state index in [9.17, 15) is 14.4 Å². The molecule has 0 aromatic heterocycles. The minimum Gasteiger partial charge on any atom is -0.398 e. The molecule has 1 fully saturated rings. The summed E-state index contributed by atoms with van der Waals surface area (Å²) in [6, 6.07) is 5.33. The number of carbonyl (C=O) groups excluding carboxylic acids is 3. The molecule has 0 radical (unpaired) electrons. The Kier molecular flexibility index (Phi) is 4.85. The van der Waals surface area contributed by atoms with Gasteiger partial charge in [-0.3, -0.25) is 19.3 Å². The molecule has 1 aliphatic rings. The van der Waals surface area contributed by atoms with Crippen LogP contribution in [0, 0.1) is 6.92 Å². The Morgan fingerprint density at radius 2 is 2.19 bits per heavy atom. The zero-order valence-electron chi connectivity index (χ0n) is 11.7. The first kappa shape index (κ1) is 15.4. The molecule has 3 amide bonds. The number of nitrogens with one attached hydrogen (secondary N) is 1. The molecular formula is C14H17N3O3S. The molecule has 1 saturated heterocycles. The number of anilines is 2. The monoisotopic (exact) mass is 307 g/mol. The van der Waals surface area contributed by atoms with Gasteiger partial charge in [-0.15, -0.1) is 0 Å². The molecule has 1 heterocycles. The lowest BCUT2D eigenvalue weighted by Gasteiger charge is -2.13. The van der Waals surface area contributed by atoms with Crippen LogP contribution in [0.4, 0.5) is 16.2 Å². The predicted octanol–water partition coefficient (Wildman–Crippen LogP) is 1.99. The molecule has 1 aromatic carbocycles. The topological polar surface area (TPSA) is 92.5 Å². The first-order valence-electron chi connectivity index (χ1n) is 6.61. The second-order valence-electron chi connectivity index (χ2n) is 4.77. The highest BCUT2D eigenvalue weighted by molar-refractivity contribution is 8.14. The zero-order valence-corrected chi connectivity index (χ0v) is 12.5. The van der Waals surface area contributed by atoms with Crippen molar-refractivity contribution < 1.29 is 14.4 Å². The third-order valence-electron chi connectivity index (χ3n) is 3.28. The normalized spacial score (nSPS) is 14.6. The van der Waals surface area contributed by atoms with Crippen LogP contribution in [0.2, 0.25) is 0 Å². The summed E-state index contributed by atoms with van der Waals surface area (Å²) in [6.07, 6.45) is 0.696. The van der Waals surface area contributed by atoms with Gasteiger partial charge in [0.15, 0.2) is 0 Å². The molecule has 3 N–H and O–H groups in total. The molecule has 1 aromatic rings. The lowest BCUT2D eigenvalue weighted by atomic mass is 10.1. The van der Waals surface area contributed by atoms with Crippen molar-refractivity contribution >= 4 is 40.2 Å². The lowest BCUT2D eigenvalue weighted by Crippen LogP contribution is -2.30. The van der Waals surface area contributed by atoms with Gasteiger partial charge in [-0.05, 0) is 31.0 Å². The van der Waals surface area contributed by atoms with Crippen LogP contribution in [-0.2, 0) is 9.59 Å². The molecule has 7 heteroatoms. The Labute approximate surface area is 127 Å². The molecule has 0 saturated carbocycles. The summed E-state index contributed by atoms with van der Waals surface area (Å²) in [5, 5.41) is 2.56. The number of nitrogen functional groups attached to an aromatic ring is 1. The Bertz CT molecular complexity index is 573. The largest absolute Gasteiger partial charge is 0.398 e. The van der Waals surface area contributed by atoms with Crippen molar-refractivity contribution in [2.45, 2.75) is 19.8 Å². The lowest BCUT2D eigenvalue weighted by molar-refractivity contribution is -0.125. The van der Waals surface area contributed by atoms with Crippen LogP contribution < -0.4 is 11.1 Å². The van der Waals surface area contributed by atoms with E-state index >= 15 is 0 Å². The Morgan fingerprint density at radius 3 is 2.86 bits per heavy atom. The van der Waals surface area contributed by atoms with Crippen molar-refractivity contribution in [2.75, 3.05) is 23.3 Å². The molecule has 0 spiro atoms.